The number of sulfonamides is 1. The Morgan fingerprint density at radius 2 is 1.85 bits per heavy atom. The Bertz CT molecular complexity index is 687. The van der Waals surface area contributed by atoms with Crippen LogP contribution in [0.3, 0.4) is 0 Å². The third-order valence-corrected chi connectivity index (χ3v) is 4.45. The fourth-order valence-corrected chi connectivity index (χ4v) is 3.00. The van der Waals surface area contributed by atoms with Crippen LogP contribution >= 0.6 is 11.6 Å². The summed E-state index contributed by atoms with van der Waals surface area (Å²) in [7, 11) is -1.98. The van der Waals surface area contributed by atoms with E-state index in [9.17, 15) is 8.42 Å². The van der Waals surface area contributed by atoms with Crippen molar-refractivity contribution in [1.82, 2.24) is 4.72 Å². The molecule has 2 aromatic carbocycles. The number of nitrogens with one attached hydrogen (secondary N) is 1. The molecule has 0 aliphatic carbocycles. The molecule has 0 amide bonds. The first-order chi connectivity index (χ1) is 9.53. The van der Waals surface area contributed by atoms with Crippen LogP contribution in [0.4, 0.5) is 0 Å². The maximum atomic E-state index is 12.0. The van der Waals surface area contributed by atoms with E-state index in [-0.39, 0.29) is 11.4 Å². The predicted octanol–water partition coefficient (Wildman–Crippen LogP) is 2.83. The van der Waals surface area contributed by atoms with Crippen molar-refractivity contribution in [1.29, 1.82) is 0 Å². The second-order valence-corrected chi connectivity index (χ2v) is 6.28. The van der Waals surface area contributed by atoms with Crippen molar-refractivity contribution in [3.63, 3.8) is 0 Å². The van der Waals surface area contributed by atoms with Gasteiger partial charge in [-0.05, 0) is 29.8 Å². The highest BCUT2D eigenvalue weighted by Crippen LogP contribution is 2.25. The topological polar surface area (TPSA) is 55.4 Å². The van der Waals surface area contributed by atoms with E-state index in [4.69, 9.17) is 16.3 Å². The van der Waals surface area contributed by atoms with E-state index in [2.05, 4.69) is 4.72 Å². The first kappa shape index (κ1) is 14.8. The Balaban J connectivity index is 2.11. The monoisotopic (exact) mass is 311 g/mol. The average molecular weight is 312 g/mol. The number of benzene rings is 2. The molecule has 2 rings (SSSR count). The van der Waals surface area contributed by atoms with Gasteiger partial charge in [-0.15, -0.1) is 0 Å². The standard InChI is InChI=1S/C14H14ClNO3S/c1-19-14-8-7-11(9-13(14)15)10-16-20(17,18)12-5-3-2-4-6-12/h2-9,16H,10H2,1H3. The second-order valence-electron chi connectivity index (χ2n) is 4.11. The Hall–Kier alpha value is -1.56. The van der Waals surface area contributed by atoms with E-state index in [1.807, 2.05) is 0 Å². The molecule has 0 fully saturated rings. The van der Waals surface area contributed by atoms with Gasteiger partial charge in [-0.2, -0.15) is 0 Å². The van der Waals surface area contributed by atoms with Crippen molar-refractivity contribution in [3.05, 3.63) is 59.1 Å². The third kappa shape index (κ3) is 3.50. The van der Waals surface area contributed by atoms with Gasteiger partial charge in [0.25, 0.3) is 0 Å². The summed E-state index contributed by atoms with van der Waals surface area (Å²) in [4.78, 5) is 0.236. The zero-order valence-electron chi connectivity index (χ0n) is 10.8. The number of halogens is 1. The number of hydrogen-bond donors (Lipinski definition) is 1. The van der Waals surface area contributed by atoms with E-state index in [1.165, 1.54) is 7.11 Å². The minimum absolute atomic E-state index is 0.168. The second kappa shape index (κ2) is 6.26. The molecule has 0 radical (unpaired) electrons. The normalized spacial score (nSPS) is 11.3. The predicted molar refractivity (Wildman–Crippen MR) is 78.5 cm³/mol. The summed E-state index contributed by atoms with van der Waals surface area (Å²) in [5, 5.41) is 0.448. The molecule has 106 valence electrons. The summed E-state index contributed by atoms with van der Waals surface area (Å²) >= 11 is 5.99. The number of methoxy groups -OCH3 is 1. The highest BCUT2D eigenvalue weighted by Gasteiger charge is 2.13. The molecule has 0 saturated carbocycles. The number of ether oxygens (including phenoxy) is 1. The van der Waals surface area contributed by atoms with Crippen LogP contribution in [-0.4, -0.2) is 15.5 Å². The molecule has 6 heteroatoms. The van der Waals surface area contributed by atoms with Gasteiger partial charge < -0.3 is 4.74 Å². The highest BCUT2D eigenvalue weighted by atomic mass is 35.5. The van der Waals surface area contributed by atoms with Crippen LogP contribution in [0.2, 0.25) is 5.02 Å². The van der Waals surface area contributed by atoms with Gasteiger partial charge in [0.1, 0.15) is 5.75 Å². The van der Waals surface area contributed by atoms with Crippen molar-refractivity contribution < 1.29 is 13.2 Å². The summed E-state index contributed by atoms with van der Waals surface area (Å²) in [5.74, 6) is 0.557. The Kier molecular flexibility index (Phi) is 4.65. The van der Waals surface area contributed by atoms with Crippen molar-refractivity contribution >= 4 is 21.6 Å². The van der Waals surface area contributed by atoms with E-state index >= 15 is 0 Å². The molecule has 4 nitrogen and oxygen atoms in total. The van der Waals surface area contributed by atoms with Gasteiger partial charge in [0, 0.05) is 6.54 Å². The lowest BCUT2D eigenvalue weighted by Crippen LogP contribution is -2.23. The lowest BCUT2D eigenvalue weighted by molar-refractivity contribution is 0.415. The summed E-state index contributed by atoms with van der Waals surface area (Å²) < 4.78 is 31.7. The first-order valence-electron chi connectivity index (χ1n) is 5.90. The highest BCUT2D eigenvalue weighted by molar-refractivity contribution is 7.89. The van der Waals surface area contributed by atoms with Crippen molar-refractivity contribution in [2.45, 2.75) is 11.4 Å². The van der Waals surface area contributed by atoms with Crippen LogP contribution in [0.1, 0.15) is 5.56 Å². The smallest absolute Gasteiger partial charge is 0.240 e. The summed E-state index contributed by atoms with van der Waals surface area (Å²) in [6.07, 6.45) is 0. The SMILES string of the molecule is COc1ccc(CNS(=O)(=O)c2ccccc2)cc1Cl. The largest absolute Gasteiger partial charge is 0.495 e. The van der Waals surface area contributed by atoms with Crippen molar-refractivity contribution in [3.8, 4) is 5.75 Å². The molecular weight excluding hydrogens is 298 g/mol. The molecule has 0 spiro atoms. The molecule has 0 saturated heterocycles. The molecule has 20 heavy (non-hydrogen) atoms. The van der Waals surface area contributed by atoms with Gasteiger partial charge in [0.2, 0.25) is 10.0 Å². The molecule has 1 N–H and O–H groups in total. The molecular formula is C14H14ClNO3S. The van der Waals surface area contributed by atoms with Crippen LogP contribution in [0, 0.1) is 0 Å². The maximum absolute atomic E-state index is 12.0. The van der Waals surface area contributed by atoms with E-state index in [1.54, 1.807) is 48.5 Å². The molecule has 0 bridgehead atoms. The molecule has 0 aromatic heterocycles. The van der Waals surface area contributed by atoms with Crippen molar-refractivity contribution in [2.75, 3.05) is 7.11 Å². The van der Waals surface area contributed by atoms with Gasteiger partial charge in [0.15, 0.2) is 0 Å². The van der Waals surface area contributed by atoms with Gasteiger partial charge in [-0.3, -0.25) is 0 Å². The zero-order valence-corrected chi connectivity index (χ0v) is 12.4. The fraction of sp³-hybridized carbons (Fsp3) is 0.143. The van der Waals surface area contributed by atoms with Crippen LogP contribution < -0.4 is 9.46 Å². The van der Waals surface area contributed by atoms with Gasteiger partial charge in [0.05, 0.1) is 17.0 Å². The quantitative estimate of drug-likeness (QED) is 0.924. The minimum atomic E-state index is -3.51. The molecule has 0 aliphatic heterocycles. The molecule has 2 aromatic rings. The van der Waals surface area contributed by atoms with Crippen LogP contribution in [0.5, 0.6) is 5.75 Å². The van der Waals surface area contributed by atoms with E-state index < -0.39 is 10.0 Å². The zero-order chi connectivity index (χ0) is 14.6. The van der Waals surface area contributed by atoms with Crippen molar-refractivity contribution in [2.24, 2.45) is 0 Å². The Labute approximate surface area is 123 Å². The number of hydrogen-bond acceptors (Lipinski definition) is 3. The molecule has 0 atom stereocenters. The average Bonchev–Trinajstić information content (AvgIpc) is 2.46. The van der Waals surface area contributed by atoms with Gasteiger partial charge >= 0.3 is 0 Å². The van der Waals surface area contributed by atoms with Gasteiger partial charge in [-0.1, -0.05) is 35.9 Å². The van der Waals surface area contributed by atoms with Crippen LogP contribution in [0.25, 0.3) is 0 Å². The molecule has 0 aliphatic rings. The van der Waals surface area contributed by atoms with Crippen LogP contribution in [0.15, 0.2) is 53.4 Å². The fourth-order valence-electron chi connectivity index (χ4n) is 1.68. The van der Waals surface area contributed by atoms with Gasteiger partial charge in [-0.25, -0.2) is 13.1 Å². The molecule has 0 heterocycles. The van der Waals surface area contributed by atoms with E-state index in [0.29, 0.717) is 10.8 Å². The summed E-state index contributed by atoms with van der Waals surface area (Å²) in [6, 6.07) is 13.4. The lowest BCUT2D eigenvalue weighted by atomic mass is 10.2. The summed E-state index contributed by atoms with van der Waals surface area (Å²) in [5.41, 5.74) is 0.760. The maximum Gasteiger partial charge on any atom is 0.240 e. The van der Waals surface area contributed by atoms with Crippen LogP contribution in [-0.2, 0) is 16.6 Å². The lowest BCUT2D eigenvalue weighted by Gasteiger charge is -2.08. The first-order valence-corrected chi connectivity index (χ1v) is 7.76. The Morgan fingerprint density at radius 1 is 1.15 bits per heavy atom. The number of rotatable bonds is 5. The third-order valence-electron chi connectivity index (χ3n) is 2.74. The summed E-state index contributed by atoms with van der Waals surface area (Å²) in [6.45, 7) is 0.168. The Morgan fingerprint density at radius 3 is 2.45 bits per heavy atom. The minimum Gasteiger partial charge on any atom is -0.495 e. The molecule has 0 unspecified atom stereocenters. The van der Waals surface area contributed by atoms with E-state index in [0.717, 1.165) is 5.56 Å².